The number of nitrogen functional groups attached to an aromatic ring is 1. The van der Waals surface area contributed by atoms with Crippen molar-refractivity contribution < 1.29 is 4.39 Å². The van der Waals surface area contributed by atoms with Crippen LogP contribution in [0.15, 0.2) is 18.5 Å². The molecule has 2 heterocycles. The average molecular weight is 152 g/mol. The highest BCUT2D eigenvalue weighted by Crippen LogP contribution is 2.06. The second-order valence-electron chi connectivity index (χ2n) is 2.11. The van der Waals surface area contributed by atoms with Gasteiger partial charge in [0.2, 0.25) is 0 Å². The van der Waals surface area contributed by atoms with Gasteiger partial charge in [0.25, 0.3) is 0 Å². The summed E-state index contributed by atoms with van der Waals surface area (Å²) < 4.78 is 14.0. The van der Waals surface area contributed by atoms with Gasteiger partial charge in [0.05, 0.1) is 6.20 Å². The van der Waals surface area contributed by atoms with Crippen LogP contribution in [0, 0.1) is 5.82 Å². The zero-order valence-corrected chi connectivity index (χ0v) is 5.53. The zero-order valence-electron chi connectivity index (χ0n) is 5.53. The number of aromatic nitrogens is 3. The van der Waals surface area contributed by atoms with Gasteiger partial charge in [-0.25, -0.2) is 13.9 Å². The van der Waals surface area contributed by atoms with Crippen LogP contribution in [0.4, 0.5) is 10.2 Å². The molecule has 0 saturated heterocycles. The minimum atomic E-state index is -0.461. The van der Waals surface area contributed by atoms with Gasteiger partial charge < -0.3 is 5.73 Å². The maximum Gasteiger partial charge on any atom is 0.193 e. The second kappa shape index (κ2) is 1.91. The van der Waals surface area contributed by atoms with Crippen molar-refractivity contribution in [1.82, 2.24) is 14.6 Å². The van der Waals surface area contributed by atoms with Gasteiger partial charge in [0.1, 0.15) is 5.82 Å². The van der Waals surface area contributed by atoms with Crippen LogP contribution in [0.2, 0.25) is 0 Å². The minimum absolute atomic E-state index is 0.157. The van der Waals surface area contributed by atoms with E-state index in [0.717, 1.165) is 6.20 Å². The summed E-state index contributed by atoms with van der Waals surface area (Å²) in [5, 5.41) is 3.68. The van der Waals surface area contributed by atoms with E-state index in [0.29, 0.717) is 0 Å². The van der Waals surface area contributed by atoms with E-state index < -0.39 is 5.82 Å². The van der Waals surface area contributed by atoms with Crippen LogP contribution < -0.4 is 5.73 Å². The van der Waals surface area contributed by atoms with Gasteiger partial charge in [-0.05, 0) is 6.07 Å². The fourth-order valence-electron chi connectivity index (χ4n) is 0.855. The first-order valence-electron chi connectivity index (χ1n) is 3.03. The first-order valence-corrected chi connectivity index (χ1v) is 3.03. The van der Waals surface area contributed by atoms with E-state index in [-0.39, 0.29) is 11.5 Å². The predicted octanol–water partition coefficient (Wildman–Crippen LogP) is 0.451. The van der Waals surface area contributed by atoms with Gasteiger partial charge in [0, 0.05) is 6.20 Å². The molecule has 2 aromatic rings. The van der Waals surface area contributed by atoms with Crippen LogP contribution in [0.5, 0.6) is 0 Å². The predicted molar refractivity (Wildman–Crippen MR) is 37.4 cm³/mol. The lowest BCUT2D eigenvalue weighted by Crippen LogP contribution is -1.94. The minimum Gasteiger partial charge on any atom is -0.384 e. The Bertz CT molecular complexity index is 394. The maximum atomic E-state index is 12.7. The molecule has 0 unspecified atom stereocenters. The molecule has 0 aliphatic rings. The van der Waals surface area contributed by atoms with E-state index in [4.69, 9.17) is 5.73 Å². The van der Waals surface area contributed by atoms with Gasteiger partial charge in [0.15, 0.2) is 11.5 Å². The van der Waals surface area contributed by atoms with E-state index in [1.807, 2.05) is 0 Å². The number of anilines is 1. The monoisotopic (exact) mass is 152 g/mol. The van der Waals surface area contributed by atoms with E-state index in [9.17, 15) is 4.39 Å². The van der Waals surface area contributed by atoms with E-state index in [2.05, 4.69) is 10.1 Å². The maximum absolute atomic E-state index is 12.7. The van der Waals surface area contributed by atoms with Crippen LogP contribution in [0.3, 0.4) is 0 Å². The van der Waals surface area contributed by atoms with Gasteiger partial charge >= 0.3 is 0 Å². The lowest BCUT2D eigenvalue weighted by atomic mass is 10.5. The number of fused-ring (bicyclic) bond motifs is 1. The van der Waals surface area contributed by atoms with Crippen molar-refractivity contribution in [2.75, 3.05) is 5.73 Å². The van der Waals surface area contributed by atoms with Crippen molar-refractivity contribution in [2.45, 2.75) is 0 Å². The van der Waals surface area contributed by atoms with Crippen molar-refractivity contribution in [3.8, 4) is 0 Å². The molecule has 0 saturated carbocycles. The number of rotatable bonds is 0. The Morgan fingerprint density at radius 2 is 2.36 bits per heavy atom. The van der Waals surface area contributed by atoms with Crippen LogP contribution in [-0.4, -0.2) is 14.6 Å². The normalized spacial score (nSPS) is 10.6. The quantitative estimate of drug-likeness (QED) is 0.596. The van der Waals surface area contributed by atoms with Gasteiger partial charge in [-0.15, -0.1) is 0 Å². The Morgan fingerprint density at radius 3 is 3.18 bits per heavy atom. The van der Waals surface area contributed by atoms with Crippen LogP contribution in [0.1, 0.15) is 0 Å². The lowest BCUT2D eigenvalue weighted by molar-refractivity contribution is 0.636. The summed E-state index contributed by atoms with van der Waals surface area (Å²) in [6.07, 6.45) is 2.66. The van der Waals surface area contributed by atoms with Gasteiger partial charge in [-0.3, -0.25) is 0 Å². The fourth-order valence-corrected chi connectivity index (χ4v) is 0.855. The summed E-state index contributed by atoms with van der Waals surface area (Å²) in [6, 6.07) is 1.56. The molecular formula is C6H5FN4. The summed E-state index contributed by atoms with van der Waals surface area (Å²) in [6.45, 7) is 0. The van der Waals surface area contributed by atoms with Gasteiger partial charge in [-0.2, -0.15) is 5.10 Å². The molecular weight excluding hydrogens is 147 g/mol. The van der Waals surface area contributed by atoms with E-state index >= 15 is 0 Å². The second-order valence-corrected chi connectivity index (χ2v) is 2.11. The van der Waals surface area contributed by atoms with Crippen LogP contribution in [-0.2, 0) is 0 Å². The highest BCUT2D eigenvalue weighted by atomic mass is 19.1. The van der Waals surface area contributed by atoms with E-state index in [1.165, 1.54) is 4.52 Å². The van der Waals surface area contributed by atoms with Crippen LogP contribution in [0.25, 0.3) is 5.65 Å². The first-order chi connectivity index (χ1) is 5.27. The Kier molecular flexibility index (Phi) is 1.06. The third-order valence-corrected chi connectivity index (χ3v) is 1.35. The van der Waals surface area contributed by atoms with E-state index in [1.54, 1.807) is 12.3 Å². The van der Waals surface area contributed by atoms with Crippen LogP contribution >= 0.6 is 0 Å². The Hall–Kier alpha value is -1.65. The lowest BCUT2D eigenvalue weighted by Gasteiger charge is -1.92. The molecule has 2 rings (SSSR count). The Morgan fingerprint density at radius 1 is 1.55 bits per heavy atom. The average Bonchev–Trinajstić information content (AvgIpc) is 2.33. The van der Waals surface area contributed by atoms with Crippen molar-refractivity contribution >= 4 is 11.5 Å². The number of halogens is 1. The molecule has 5 heteroatoms. The Labute approximate surface area is 61.5 Å². The first kappa shape index (κ1) is 6.09. The molecule has 0 bridgehead atoms. The topological polar surface area (TPSA) is 56.2 Å². The van der Waals surface area contributed by atoms with Crippen molar-refractivity contribution in [3.63, 3.8) is 0 Å². The fraction of sp³-hybridized carbons (Fsp3) is 0. The van der Waals surface area contributed by atoms with Crippen molar-refractivity contribution in [2.24, 2.45) is 0 Å². The Balaban J connectivity index is 2.87. The smallest absolute Gasteiger partial charge is 0.193 e. The summed E-state index contributed by atoms with van der Waals surface area (Å²) in [5.41, 5.74) is 5.49. The number of nitrogens with zero attached hydrogens (tertiary/aromatic N) is 3. The molecule has 0 aliphatic heterocycles. The largest absolute Gasteiger partial charge is 0.384 e. The highest BCUT2D eigenvalue weighted by Gasteiger charge is 2.02. The van der Waals surface area contributed by atoms with Crippen molar-refractivity contribution in [1.29, 1.82) is 0 Å². The summed E-state index contributed by atoms with van der Waals surface area (Å²) >= 11 is 0. The summed E-state index contributed by atoms with van der Waals surface area (Å²) in [7, 11) is 0. The molecule has 0 aromatic carbocycles. The summed E-state index contributed by atoms with van der Waals surface area (Å²) in [5.74, 6) is -0.172. The molecule has 0 radical (unpaired) electrons. The standard InChI is InChI=1S/C6H5FN4/c7-4-3-9-11-2-1-5(8)10-6(4)11/h1-3H,(H2,8,10). The molecule has 56 valence electrons. The third-order valence-electron chi connectivity index (χ3n) is 1.35. The SMILES string of the molecule is Nc1ccn2ncc(F)c2n1. The third kappa shape index (κ3) is 0.813. The summed E-state index contributed by atoms with van der Waals surface area (Å²) in [4.78, 5) is 3.74. The number of nitrogens with two attached hydrogens (primary N) is 1. The number of hydrogen-bond donors (Lipinski definition) is 1. The molecule has 11 heavy (non-hydrogen) atoms. The molecule has 0 spiro atoms. The molecule has 2 aromatic heterocycles. The molecule has 4 nitrogen and oxygen atoms in total. The van der Waals surface area contributed by atoms with Crippen molar-refractivity contribution in [3.05, 3.63) is 24.3 Å². The highest BCUT2D eigenvalue weighted by molar-refractivity contribution is 5.43. The number of hydrogen-bond acceptors (Lipinski definition) is 3. The molecule has 0 atom stereocenters. The molecule has 0 amide bonds. The van der Waals surface area contributed by atoms with Gasteiger partial charge in [-0.1, -0.05) is 0 Å². The molecule has 0 aliphatic carbocycles. The molecule has 0 fully saturated rings. The molecule has 2 N–H and O–H groups in total. The zero-order chi connectivity index (χ0) is 7.84.